The van der Waals surface area contributed by atoms with E-state index in [0.29, 0.717) is 34.4 Å². The Morgan fingerprint density at radius 2 is 1.84 bits per heavy atom. The zero-order chi connectivity index (χ0) is 22.0. The number of hydrogen-bond donors (Lipinski definition) is 3. The molecule has 4 aromatic rings. The normalized spacial score (nSPS) is 10.7. The van der Waals surface area contributed by atoms with E-state index < -0.39 is 5.91 Å². The van der Waals surface area contributed by atoms with E-state index in [9.17, 15) is 9.59 Å². The van der Waals surface area contributed by atoms with Crippen LogP contribution in [0, 0.1) is 6.92 Å². The zero-order valence-corrected chi connectivity index (χ0v) is 17.2. The molecule has 0 aliphatic carbocycles. The summed E-state index contributed by atoms with van der Waals surface area (Å²) >= 11 is 0. The molecule has 158 valence electrons. The van der Waals surface area contributed by atoms with Gasteiger partial charge in [-0.2, -0.15) is 4.52 Å². The molecule has 0 radical (unpaired) electrons. The van der Waals surface area contributed by atoms with Crippen LogP contribution in [0.15, 0.2) is 59.4 Å². The van der Waals surface area contributed by atoms with Gasteiger partial charge in [0.15, 0.2) is 5.65 Å². The lowest BCUT2D eigenvalue weighted by Crippen LogP contribution is -2.17. The van der Waals surface area contributed by atoms with E-state index in [1.807, 2.05) is 18.2 Å². The number of aryl methyl sites for hydroxylation is 1. The molecule has 31 heavy (non-hydrogen) atoms. The summed E-state index contributed by atoms with van der Waals surface area (Å²) in [6, 6.07) is 15.7. The molecule has 9 heteroatoms. The molecule has 0 unspecified atom stereocenters. The van der Waals surface area contributed by atoms with Crippen molar-refractivity contribution in [2.45, 2.75) is 6.92 Å². The molecule has 2 aromatic carbocycles. The summed E-state index contributed by atoms with van der Waals surface area (Å²) in [5, 5.41) is 8.93. The van der Waals surface area contributed by atoms with Crippen molar-refractivity contribution in [3.63, 3.8) is 0 Å². The number of amides is 1. The number of para-hydroxylation sites is 1. The maximum Gasteiger partial charge on any atom is 0.272 e. The molecule has 2 heterocycles. The number of benzene rings is 2. The van der Waals surface area contributed by atoms with E-state index in [1.165, 1.54) is 17.7 Å². The van der Waals surface area contributed by atoms with Crippen LogP contribution in [-0.2, 0) is 0 Å². The zero-order valence-electron chi connectivity index (χ0n) is 17.2. The summed E-state index contributed by atoms with van der Waals surface area (Å²) < 4.78 is 11.9. The summed E-state index contributed by atoms with van der Waals surface area (Å²) in [6.45, 7) is 1.70. The van der Waals surface area contributed by atoms with Gasteiger partial charge in [0.05, 0.1) is 19.9 Å². The number of anilines is 3. The SMILES string of the molecule is COc1ccc(Nc2[nH]n3c(=O)cc(C)nc3c2C(=O)Nc2ccccc2)c(OC)c1. The molecule has 0 saturated carbocycles. The molecular formula is C22H21N5O4. The van der Waals surface area contributed by atoms with Crippen LogP contribution in [-0.4, -0.2) is 34.7 Å². The van der Waals surface area contributed by atoms with Crippen molar-refractivity contribution in [1.29, 1.82) is 0 Å². The van der Waals surface area contributed by atoms with Gasteiger partial charge in [0, 0.05) is 23.5 Å². The van der Waals surface area contributed by atoms with Crippen LogP contribution in [0.4, 0.5) is 17.2 Å². The van der Waals surface area contributed by atoms with Gasteiger partial charge >= 0.3 is 0 Å². The second-order valence-corrected chi connectivity index (χ2v) is 6.77. The van der Waals surface area contributed by atoms with E-state index in [0.717, 1.165) is 0 Å². The molecular weight excluding hydrogens is 398 g/mol. The minimum Gasteiger partial charge on any atom is -0.497 e. The topological polar surface area (TPSA) is 110 Å². The Balaban J connectivity index is 1.83. The smallest absolute Gasteiger partial charge is 0.272 e. The summed E-state index contributed by atoms with van der Waals surface area (Å²) in [5.74, 6) is 1.00. The van der Waals surface area contributed by atoms with Crippen LogP contribution in [0.1, 0.15) is 16.1 Å². The Morgan fingerprint density at radius 1 is 1.06 bits per heavy atom. The van der Waals surface area contributed by atoms with Gasteiger partial charge in [0.2, 0.25) is 0 Å². The Kier molecular flexibility index (Phi) is 5.31. The highest BCUT2D eigenvalue weighted by atomic mass is 16.5. The Labute approximate surface area is 177 Å². The second-order valence-electron chi connectivity index (χ2n) is 6.77. The highest BCUT2D eigenvalue weighted by molar-refractivity contribution is 6.12. The molecule has 4 rings (SSSR count). The van der Waals surface area contributed by atoms with E-state index in [2.05, 4.69) is 20.7 Å². The van der Waals surface area contributed by atoms with Gasteiger partial charge in [-0.1, -0.05) is 18.2 Å². The molecule has 0 saturated heterocycles. The van der Waals surface area contributed by atoms with Crippen molar-refractivity contribution < 1.29 is 14.3 Å². The standard InChI is InChI=1S/C22H21N5O4/c1-13-11-18(28)27-21(23-13)19(22(29)24-14-7-5-4-6-8-14)20(26-27)25-16-10-9-15(30-2)12-17(16)31-3/h4-12,25-26H,1-3H3,(H,24,29). The van der Waals surface area contributed by atoms with Gasteiger partial charge < -0.3 is 20.1 Å². The minimum atomic E-state index is -0.419. The predicted molar refractivity (Wildman–Crippen MR) is 118 cm³/mol. The van der Waals surface area contributed by atoms with E-state index in [4.69, 9.17) is 9.47 Å². The maximum absolute atomic E-state index is 13.2. The van der Waals surface area contributed by atoms with Crippen LogP contribution in [0.5, 0.6) is 11.5 Å². The number of carbonyl (C=O) groups is 1. The van der Waals surface area contributed by atoms with Crippen LogP contribution in [0.3, 0.4) is 0 Å². The molecule has 0 fully saturated rings. The summed E-state index contributed by atoms with van der Waals surface area (Å²) in [5.41, 5.74) is 1.79. The molecule has 0 bridgehead atoms. The van der Waals surface area contributed by atoms with Crippen molar-refractivity contribution in [2.24, 2.45) is 0 Å². The van der Waals surface area contributed by atoms with Crippen molar-refractivity contribution >= 4 is 28.7 Å². The van der Waals surface area contributed by atoms with Gasteiger partial charge in [-0.05, 0) is 31.2 Å². The van der Waals surface area contributed by atoms with Crippen LogP contribution in [0.2, 0.25) is 0 Å². The number of H-pyrrole nitrogens is 1. The third-order valence-corrected chi connectivity index (χ3v) is 4.67. The summed E-state index contributed by atoms with van der Waals surface area (Å²) in [7, 11) is 3.09. The quantitative estimate of drug-likeness (QED) is 0.442. The number of fused-ring (bicyclic) bond motifs is 1. The van der Waals surface area contributed by atoms with Crippen LogP contribution >= 0.6 is 0 Å². The van der Waals surface area contributed by atoms with Crippen LogP contribution in [0.25, 0.3) is 5.65 Å². The first-order valence-electron chi connectivity index (χ1n) is 9.48. The predicted octanol–water partition coefficient (Wildman–Crippen LogP) is 3.34. The first-order chi connectivity index (χ1) is 15.0. The van der Waals surface area contributed by atoms with Gasteiger partial charge in [-0.25, -0.2) is 4.98 Å². The van der Waals surface area contributed by atoms with Crippen molar-refractivity contribution in [2.75, 3.05) is 24.9 Å². The molecule has 3 N–H and O–H groups in total. The number of nitrogens with one attached hydrogen (secondary N) is 3. The van der Waals surface area contributed by atoms with Gasteiger partial charge in [0.1, 0.15) is 22.9 Å². The van der Waals surface area contributed by atoms with Crippen molar-refractivity contribution in [3.8, 4) is 11.5 Å². The fourth-order valence-corrected chi connectivity index (χ4v) is 3.21. The molecule has 0 spiro atoms. The second kappa shape index (κ2) is 8.23. The lowest BCUT2D eigenvalue weighted by atomic mass is 10.2. The lowest BCUT2D eigenvalue weighted by molar-refractivity contribution is 0.102. The van der Waals surface area contributed by atoms with E-state index in [-0.39, 0.29) is 16.8 Å². The fraction of sp³-hybridized carbons (Fsp3) is 0.136. The maximum atomic E-state index is 13.2. The van der Waals surface area contributed by atoms with E-state index in [1.54, 1.807) is 44.4 Å². The number of methoxy groups -OCH3 is 2. The number of aromatic nitrogens is 3. The lowest BCUT2D eigenvalue weighted by Gasteiger charge is -2.12. The summed E-state index contributed by atoms with van der Waals surface area (Å²) in [6.07, 6.45) is 0. The molecule has 2 aromatic heterocycles. The highest BCUT2D eigenvalue weighted by Gasteiger charge is 2.23. The first-order valence-corrected chi connectivity index (χ1v) is 9.48. The Bertz CT molecular complexity index is 1310. The van der Waals surface area contributed by atoms with Crippen molar-refractivity contribution in [1.82, 2.24) is 14.6 Å². The Hall–Kier alpha value is -4.27. The average Bonchev–Trinajstić information content (AvgIpc) is 3.13. The van der Waals surface area contributed by atoms with Crippen molar-refractivity contribution in [3.05, 3.63) is 76.2 Å². The van der Waals surface area contributed by atoms with Gasteiger partial charge in [-0.15, -0.1) is 0 Å². The first kappa shape index (κ1) is 20.0. The molecule has 0 aliphatic heterocycles. The molecule has 0 atom stereocenters. The van der Waals surface area contributed by atoms with E-state index >= 15 is 0 Å². The number of ether oxygens (including phenoxy) is 2. The molecule has 1 amide bonds. The third kappa shape index (κ3) is 3.93. The number of nitrogens with zero attached hydrogens (tertiary/aromatic N) is 2. The van der Waals surface area contributed by atoms with Gasteiger partial charge in [0.25, 0.3) is 11.5 Å². The number of rotatable bonds is 6. The third-order valence-electron chi connectivity index (χ3n) is 4.67. The number of aromatic amines is 1. The van der Waals surface area contributed by atoms with Gasteiger partial charge in [-0.3, -0.25) is 14.7 Å². The summed E-state index contributed by atoms with van der Waals surface area (Å²) in [4.78, 5) is 30.1. The van der Waals surface area contributed by atoms with Crippen LogP contribution < -0.4 is 25.7 Å². The molecule has 0 aliphatic rings. The number of hydrogen-bond acceptors (Lipinski definition) is 6. The monoisotopic (exact) mass is 419 g/mol. The fourth-order valence-electron chi connectivity index (χ4n) is 3.21. The average molecular weight is 419 g/mol. The highest BCUT2D eigenvalue weighted by Crippen LogP contribution is 2.33. The minimum absolute atomic E-state index is 0.197. The Morgan fingerprint density at radius 3 is 2.55 bits per heavy atom. The largest absolute Gasteiger partial charge is 0.497 e. The molecule has 9 nitrogen and oxygen atoms in total. The number of carbonyl (C=O) groups excluding carboxylic acids is 1.